The summed E-state index contributed by atoms with van der Waals surface area (Å²) < 4.78 is 5.57. The topological polar surface area (TPSA) is 33.0 Å². The number of nitrogens with zero attached hydrogens (tertiary/aromatic N) is 1. The molecule has 0 bridgehead atoms. The summed E-state index contributed by atoms with van der Waals surface area (Å²) in [4.78, 5) is 0. The Morgan fingerprint density at radius 1 is 1.06 bits per heavy atom. The molecule has 2 rings (SSSR count). The van der Waals surface area contributed by atoms with Gasteiger partial charge >= 0.3 is 0 Å². The van der Waals surface area contributed by atoms with Gasteiger partial charge in [-0.1, -0.05) is 29.8 Å². The van der Waals surface area contributed by atoms with Crippen LogP contribution in [0.4, 0.5) is 0 Å². The van der Waals surface area contributed by atoms with Gasteiger partial charge in [-0.05, 0) is 24.3 Å². The summed E-state index contributed by atoms with van der Waals surface area (Å²) in [5.74, 6) is 1.16. The van der Waals surface area contributed by atoms with Crippen molar-refractivity contribution in [2.45, 2.75) is 0 Å². The molecule has 2 aromatic carbocycles. The normalized spacial score (nSPS) is 8.94. The summed E-state index contributed by atoms with van der Waals surface area (Å²) in [6.45, 7) is 0. The molecule has 0 spiro atoms. The van der Waals surface area contributed by atoms with E-state index in [9.17, 15) is 0 Å². The van der Waals surface area contributed by atoms with Crippen LogP contribution in [0, 0.1) is 11.3 Å². The molecule has 17 heavy (non-hydrogen) atoms. The molecule has 0 aliphatic carbocycles. The van der Waals surface area contributed by atoms with Crippen LogP contribution in [-0.4, -0.2) is 0 Å². The van der Waals surface area contributed by atoms with Crippen LogP contribution >= 0.6 is 24.0 Å². The van der Waals surface area contributed by atoms with E-state index in [2.05, 4.69) is 6.07 Å². The van der Waals surface area contributed by atoms with Crippen LogP contribution in [0.5, 0.6) is 11.5 Å². The van der Waals surface area contributed by atoms with Crippen molar-refractivity contribution in [3.05, 3.63) is 59.1 Å². The Kier molecular flexibility index (Phi) is 4.84. The molecular formula is C13H9Cl2NO. The Morgan fingerprint density at radius 3 is 2.41 bits per heavy atom. The van der Waals surface area contributed by atoms with Gasteiger partial charge in [0.15, 0.2) is 0 Å². The van der Waals surface area contributed by atoms with E-state index in [1.165, 1.54) is 0 Å². The van der Waals surface area contributed by atoms with Crippen molar-refractivity contribution < 1.29 is 4.74 Å². The summed E-state index contributed by atoms with van der Waals surface area (Å²) in [6.07, 6.45) is 0. The number of benzene rings is 2. The van der Waals surface area contributed by atoms with Crippen LogP contribution in [0.3, 0.4) is 0 Å². The van der Waals surface area contributed by atoms with E-state index >= 15 is 0 Å². The summed E-state index contributed by atoms with van der Waals surface area (Å²) in [6, 6.07) is 16.3. The number of hydrogen-bond acceptors (Lipinski definition) is 2. The van der Waals surface area contributed by atoms with E-state index in [-0.39, 0.29) is 12.4 Å². The fraction of sp³-hybridized carbons (Fsp3) is 0. The summed E-state index contributed by atoms with van der Waals surface area (Å²) >= 11 is 5.85. The van der Waals surface area contributed by atoms with Crippen molar-refractivity contribution in [1.82, 2.24) is 0 Å². The average molecular weight is 266 g/mol. The zero-order chi connectivity index (χ0) is 11.4. The third-order valence-corrected chi connectivity index (χ3v) is 2.27. The SMILES string of the molecule is Cl.N#Cc1ccc(Cl)cc1Oc1ccccc1. The maximum atomic E-state index is 8.91. The van der Waals surface area contributed by atoms with Gasteiger partial charge in [0, 0.05) is 11.1 Å². The minimum Gasteiger partial charge on any atom is -0.456 e. The standard InChI is InChI=1S/C13H8ClNO.ClH/c14-11-7-6-10(9-15)13(8-11)16-12-4-2-1-3-5-12;/h1-8H;1H. The lowest BCUT2D eigenvalue weighted by Gasteiger charge is -2.07. The zero-order valence-electron chi connectivity index (χ0n) is 8.76. The molecular weight excluding hydrogens is 257 g/mol. The molecule has 86 valence electrons. The second kappa shape index (κ2) is 6.15. The second-order valence-corrected chi connectivity index (χ2v) is 3.60. The Bertz CT molecular complexity index is 535. The van der Waals surface area contributed by atoms with Gasteiger partial charge < -0.3 is 4.74 Å². The summed E-state index contributed by atoms with van der Waals surface area (Å²) in [5, 5.41) is 9.46. The lowest BCUT2D eigenvalue weighted by molar-refractivity contribution is 0.481. The van der Waals surface area contributed by atoms with Gasteiger partial charge in [0.2, 0.25) is 0 Å². The molecule has 0 radical (unpaired) electrons. The Balaban J connectivity index is 0.00000144. The van der Waals surface area contributed by atoms with Crippen LogP contribution < -0.4 is 4.74 Å². The van der Waals surface area contributed by atoms with Crippen molar-refractivity contribution in [3.63, 3.8) is 0 Å². The molecule has 0 aromatic heterocycles. The molecule has 0 fully saturated rings. The number of rotatable bonds is 2. The molecule has 0 aliphatic heterocycles. The molecule has 0 atom stereocenters. The zero-order valence-corrected chi connectivity index (χ0v) is 10.3. The van der Waals surface area contributed by atoms with Crippen molar-refractivity contribution in [2.75, 3.05) is 0 Å². The molecule has 0 saturated heterocycles. The Hall–Kier alpha value is -1.69. The first-order valence-corrected chi connectivity index (χ1v) is 5.10. The Morgan fingerprint density at radius 2 is 1.76 bits per heavy atom. The van der Waals surface area contributed by atoms with E-state index in [4.69, 9.17) is 21.6 Å². The smallest absolute Gasteiger partial charge is 0.146 e. The van der Waals surface area contributed by atoms with Crippen LogP contribution in [0.2, 0.25) is 5.02 Å². The number of halogens is 2. The third-order valence-electron chi connectivity index (χ3n) is 2.04. The van der Waals surface area contributed by atoms with Crippen LogP contribution in [0.1, 0.15) is 5.56 Å². The number of nitriles is 1. The minimum atomic E-state index is 0. The lowest BCUT2D eigenvalue weighted by atomic mass is 10.2. The van der Waals surface area contributed by atoms with Crippen molar-refractivity contribution in [1.29, 1.82) is 5.26 Å². The number of para-hydroxylation sites is 1. The largest absolute Gasteiger partial charge is 0.456 e. The van der Waals surface area contributed by atoms with Gasteiger partial charge in [-0.3, -0.25) is 0 Å². The maximum absolute atomic E-state index is 8.91. The molecule has 0 heterocycles. The van der Waals surface area contributed by atoms with Gasteiger partial charge in [0.1, 0.15) is 17.6 Å². The molecule has 0 amide bonds. The van der Waals surface area contributed by atoms with Crippen molar-refractivity contribution >= 4 is 24.0 Å². The predicted molar refractivity (Wildman–Crippen MR) is 69.9 cm³/mol. The Labute approximate surface area is 111 Å². The van der Waals surface area contributed by atoms with E-state index in [0.717, 1.165) is 0 Å². The molecule has 0 N–H and O–H groups in total. The van der Waals surface area contributed by atoms with E-state index in [0.29, 0.717) is 22.1 Å². The monoisotopic (exact) mass is 265 g/mol. The van der Waals surface area contributed by atoms with Gasteiger partial charge in [-0.25, -0.2) is 0 Å². The fourth-order valence-electron chi connectivity index (χ4n) is 1.29. The molecule has 0 saturated carbocycles. The predicted octanol–water partition coefficient (Wildman–Crippen LogP) is 4.43. The van der Waals surface area contributed by atoms with E-state index < -0.39 is 0 Å². The fourth-order valence-corrected chi connectivity index (χ4v) is 1.45. The molecule has 2 nitrogen and oxygen atoms in total. The highest BCUT2D eigenvalue weighted by Gasteiger charge is 2.04. The summed E-state index contributed by atoms with van der Waals surface area (Å²) in [5.41, 5.74) is 0.466. The lowest BCUT2D eigenvalue weighted by Crippen LogP contribution is -1.87. The van der Waals surface area contributed by atoms with E-state index in [1.54, 1.807) is 18.2 Å². The molecule has 4 heteroatoms. The van der Waals surface area contributed by atoms with E-state index in [1.807, 2.05) is 30.3 Å². The second-order valence-electron chi connectivity index (χ2n) is 3.17. The first kappa shape index (κ1) is 13.4. The first-order valence-electron chi connectivity index (χ1n) is 4.72. The molecule has 0 unspecified atom stereocenters. The highest BCUT2D eigenvalue weighted by molar-refractivity contribution is 6.30. The summed E-state index contributed by atoms with van der Waals surface area (Å²) in [7, 11) is 0. The van der Waals surface area contributed by atoms with Crippen LogP contribution in [0.25, 0.3) is 0 Å². The molecule has 0 aliphatic rings. The highest BCUT2D eigenvalue weighted by Crippen LogP contribution is 2.27. The van der Waals surface area contributed by atoms with Gasteiger partial charge in [-0.2, -0.15) is 5.26 Å². The van der Waals surface area contributed by atoms with Gasteiger partial charge in [0.25, 0.3) is 0 Å². The quantitative estimate of drug-likeness (QED) is 0.805. The van der Waals surface area contributed by atoms with Gasteiger partial charge in [0.05, 0.1) is 5.56 Å². The van der Waals surface area contributed by atoms with Crippen molar-refractivity contribution in [3.8, 4) is 17.6 Å². The third kappa shape index (κ3) is 3.39. The van der Waals surface area contributed by atoms with Crippen LogP contribution in [-0.2, 0) is 0 Å². The maximum Gasteiger partial charge on any atom is 0.146 e. The van der Waals surface area contributed by atoms with Crippen molar-refractivity contribution in [2.24, 2.45) is 0 Å². The van der Waals surface area contributed by atoms with Gasteiger partial charge in [-0.15, -0.1) is 12.4 Å². The number of ether oxygens (including phenoxy) is 1. The first-order chi connectivity index (χ1) is 7.79. The highest BCUT2D eigenvalue weighted by atomic mass is 35.5. The minimum absolute atomic E-state index is 0. The average Bonchev–Trinajstić information content (AvgIpc) is 2.31. The van der Waals surface area contributed by atoms with Crippen LogP contribution in [0.15, 0.2) is 48.5 Å². The number of hydrogen-bond donors (Lipinski definition) is 0. The molecule has 2 aromatic rings.